The number of hydrogen-bond donors (Lipinski definition) is 0. The lowest BCUT2D eigenvalue weighted by Crippen LogP contribution is -2.36. The van der Waals surface area contributed by atoms with Gasteiger partial charge in [0.2, 0.25) is 0 Å². The first-order valence-corrected chi connectivity index (χ1v) is 12.9. The number of anilines is 1. The minimum absolute atomic E-state index is 0.0945. The molecular formula is C31H26Cl2N2O3. The molecule has 0 aromatic heterocycles. The molecule has 0 saturated carbocycles. The number of likely N-dealkylation sites (N-methyl/N-ethyl adjacent to an activating group) is 1. The van der Waals surface area contributed by atoms with E-state index in [0.717, 1.165) is 39.4 Å². The monoisotopic (exact) mass is 544 g/mol. The zero-order chi connectivity index (χ0) is 26.6. The first-order chi connectivity index (χ1) is 18.4. The lowest BCUT2D eigenvalue weighted by molar-refractivity contribution is -0.119. The van der Waals surface area contributed by atoms with Crippen LogP contribution < -0.4 is 14.4 Å². The van der Waals surface area contributed by atoms with Gasteiger partial charge in [0.1, 0.15) is 24.1 Å². The van der Waals surface area contributed by atoms with E-state index in [1.165, 1.54) is 0 Å². The van der Waals surface area contributed by atoms with Crippen LogP contribution in [0.4, 0.5) is 5.69 Å². The van der Waals surface area contributed by atoms with E-state index in [-0.39, 0.29) is 5.91 Å². The Labute approximate surface area is 232 Å². The van der Waals surface area contributed by atoms with Crippen molar-refractivity contribution in [1.82, 2.24) is 0 Å². The Bertz CT molecular complexity index is 1480. The van der Waals surface area contributed by atoms with Crippen molar-refractivity contribution < 1.29 is 14.3 Å². The van der Waals surface area contributed by atoms with Crippen LogP contribution in [-0.2, 0) is 17.8 Å². The lowest BCUT2D eigenvalue weighted by atomic mass is 10.00. The second-order valence-electron chi connectivity index (χ2n) is 9.05. The highest BCUT2D eigenvalue weighted by Gasteiger charge is 2.30. The predicted molar refractivity (Wildman–Crippen MR) is 153 cm³/mol. The minimum atomic E-state index is -0.620. The summed E-state index contributed by atoms with van der Waals surface area (Å²) in [6.07, 6.45) is 0.429. The summed E-state index contributed by atoms with van der Waals surface area (Å²) in [5, 5.41) is 1.20. The van der Waals surface area contributed by atoms with Crippen molar-refractivity contribution in [2.45, 2.75) is 19.1 Å². The average molecular weight is 545 g/mol. The predicted octanol–water partition coefficient (Wildman–Crippen LogP) is 7.01. The number of hydrogen-bond acceptors (Lipinski definition) is 4. The average Bonchev–Trinajstić information content (AvgIpc) is 3.03. The maximum absolute atomic E-state index is 13.5. The van der Waals surface area contributed by atoms with E-state index >= 15 is 0 Å². The van der Waals surface area contributed by atoms with E-state index in [9.17, 15) is 4.79 Å². The molecule has 1 atom stereocenters. The van der Waals surface area contributed by atoms with Gasteiger partial charge in [0, 0.05) is 34.6 Å². The highest BCUT2D eigenvalue weighted by molar-refractivity contribution is 6.32. The third kappa shape index (κ3) is 5.69. The molecule has 0 aliphatic carbocycles. The molecule has 4 aromatic carbocycles. The van der Waals surface area contributed by atoms with Crippen molar-refractivity contribution in [2.24, 2.45) is 4.99 Å². The van der Waals surface area contributed by atoms with Gasteiger partial charge in [-0.1, -0.05) is 47.5 Å². The fourth-order valence-electron chi connectivity index (χ4n) is 4.46. The zero-order valence-corrected chi connectivity index (χ0v) is 22.5. The van der Waals surface area contributed by atoms with Crippen molar-refractivity contribution in [3.8, 4) is 11.5 Å². The molecule has 0 bridgehead atoms. The second kappa shape index (κ2) is 11.3. The summed E-state index contributed by atoms with van der Waals surface area (Å²) in [5.41, 5.74) is 5.11. The SMILES string of the molecule is COc1ccc(COc2ccc(C3=NC(Cc4cccc(Cl)c4)C(=O)N(C)c4ccc(Cl)cc43)cc2)cc1. The number of amides is 1. The number of ether oxygens (including phenoxy) is 2. The largest absolute Gasteiger partial charge is 0.497 e. The summed E-state index contributed by atoms with van der Waals surface area (Å²) < 4.78 is 11.2. The number of nitrogens with zero attached hydrogens (tertiary/aromatic N) is 2. The van der Waals surface area contributed by atoms with Crippen LogP contribution in [0.5, 0.6) is 11.5 Å². The minimum Gasteiger partial charge on any atom is -0.497 e. The smallest absolute Gasteiger partial charge is 0.251 e. The molecule has 0 radical (unpaired) electrons. The Balaban J connectivity index is 1.46. The van der Waals surface area contributed by atoms with E-state index < -0.39 is 6.04 Å². The second-order valence-corrected chi connectivity index (χ2v) is 9.92. The van der Waals surface area contributed by atoms with Gasteiger partial charge in [-0.15, -0.1) is 0 Å². The van der Waals surface area contributed by atoms with Gasteiger partial charge in [0.15, 0.2) is 0 Å². The lowest BCUT2D eigenvalue weighted by Gasteiger charge is -2.20. The van der Waals surface area contributed by atoms with Crippen LogP contribution in [-0.4, -0.2) is 31.8 Å². The van der Waals surface area contributed by atoms with Gasteiger partial charge >= 0.3 is 0 Å². The highest BCUT2D eigenvalue weighted by atomic mass is 35.5. The summed E-state index contributed by atoms with van der Waals surface area (Å²) in [7, 11) is 3.42. The Morgan fingerprint density at radius 3 is 2.26 bits per heavy atom. The van der Waals surface area contributed by atoms with E-state index in [1.807, 2.05) is 84.9 Å². The van der Waals surface area contributed by atoms with Crippen LogP contribution in [0.25, 0.3) is 0 Å². The number of benzene rings is 4. The molecule has 0 N–H and O–H groups in total. The molecule has 5 rings (SSSR count). The van der Waals surface area contributed by atoms with Gasteiger partial charge in [-0.25, -0.2) is 0 Å². The standard InChI is InChI=1S/C31H26Cl2N2O3/c1-35-29-15-10-24(33)18-27(29)30(34-28(31(35)36)17-21-4-3-5-23(32)16-21)22-8-13-26(14-9-22)38-19-20-6-11-25(37-2)12-7-20/h3-16,18,28H,17,19H2,1-2H3. The first-order valence-electron chi connectivity index (χ1n) is 12.2. The molecule has 4 aromatic rings. The number of methoxy groups -OCH3 is 1. The van der Waals surface area contributed by atoms with Crippen LogP contribution in [0.3, 0.4) is 0 Å². The molecule has 1 aliphatic rings. The quantitative estimate of drug-likeness (QED) is 0.251. The maximum Gasteiger partial charge on any atom is 0.251 e. The number of carbonyl (C=O) groups excluding carboxylic acids is 1. The summed E-state index contributed by atoms with van der Waals surface area (Å²) in [4.78, 5) is 20.2. The number of halogens is 2. The van der Waals surface area contributed by atoms with Crippen molar-refractivity contribution in [2.75, 3.05) is 19.1 Å². The Hall–Kier alpha value is -3.80. The van der Waals surface area contributed by atoms with Crippen LogP contribution in [0.2, 0.25) is 10.0 Å². The Morgan fingerprint density at radius 2 is 1.55 bits per heavy atom. The number of carbonyl (C=O) groups is 1. The van der Waals surface area contributed by atoms with Crippen LogP contribution in [0, 0.1) is 0 Å². The number of fused-ring (bicyclic) bond motifs is 1. The third-order valence-electron chi connectivity index (χ3n) is 6.49. The van der Waals surface area contributed by atoms with Crippen molar-refractivity contribution in [3.63, 3.8) is 0 Å². The summed E-state index contributed by atoms with van der Waals surface area (Å²) >= 11 is 12.6. The molecule has 0 saturated heterocycles. The van der Waals surface area contributed by atoms with Crippen LogP contribution in [0.1, 0.15) is 22.3 Å². The molecule has 38 heavy (non-hydrogen) atoms. The van der Waals surface area contributed by atoms with E-state index in [2.05, 4.69) is 0 Å². The van der Waals surface area contributed by atoms with Gasteiger partial charge < -0.3 is 14.4 Å². The Kier molecular flexibility index (Phi) is 7.68. The molecule has 1 aliphatic heterocycles. The zero-order valence-electron chi connectivity index (χ0n) is 21.0. The van der Waals surface area contributed by atoms with Crippen LogP contribution >= 0.6 is 23.2 Å². The molecule has 1 amide bonds. The van der Waals surface area contributed by atoms with Crippen molar-refractivity contribution in [1.29, 1.82) is 0 Å². The fourth-order valence-corrected chi connectivity index (χ4v) is 4.85. The number of aliphatic imine (C=N–C) groups is 1. The molecule has 192 valence electrons. The van der Waals surface area contributed by atoms with Gasteiger partial charge in [-0.05, 0) is 77.9 Å². The molecular weight excluding hydrogens is 519 g/mol. The Morgan fingerprint density at radius 1 is 0.842 bits per heavy atom. The van der Waals surface area contributed by atoms with E-state index in [0.29, 0.717) is 28.8 Å². The first kappa shape index (κ1) is 25.8. The summed E-state index contributed by atoms with van der Waals surface area (Å²) in [6.45, 7) is 0.434. The van der Waals surface area contributed by atoms with E-state index in [4.69, 9.17) is 37.7 Å². The number of rotatable bonds is 7. The summed E-state index contributed by atoms with van der Waals surface area (Å²) in [5.74, 6) is 1.44. The molecule has 1 heterocycles. The summed E-state index contributed by atoms with van der Waals surface area (Å²) in [6, 6.07) is 27.9. The molecule has 7 heteroatoms. The van der Waals surface area contributed by atoms with Crippen molar-refractivity contribution in [3.05, 3.63) is 123 Å². The highest BCUT2D eigenvalue weighted by Crippen LogP contribution is 2.31. The maximum atomic E-state index is 13.5. The normalized spacial score (nSPS) is 14.9. The van der Waals surface area contributed by atoms with Crippen LogP contribution in [0.15, 0.2) is 96.0 Å². The van der Waals surface area contributed by atoms with Gasteiger partial charge in [0.25, 0.3) is 5.91 Å². The van der Waals surface area contributed by atoms with Crippen molar-refractivity contribution >= 4 is 40.5 Å². The van der Waals surface area contributed by atoms with Gasteiger partial charge in [0.05, 0.1) is 18.5 Å². The van der Waals surface area contributed by atoms with Gasteiger partial charge in [-0.2, -0.15) is 0 Å². The molecule has 0 fully saturated rings. The molecule has 1 unspecified atom stereocenters. The number of benzodiazepines with no additional fused rings is 1. The topological polar surface area (TPSA) is 51.1 Å². The molecule has 5 nitrogen and oxygen atoms in total. The fraction of sp³-hybridized carbons (Fsp3) is 0.161. The van der Waals surface area contributed by atoms with E-state index in [1.54, 1.807) is 25.1 Å². The van der Waals surface area contributed by atoms with Gasteiger partial charge in [-0.3, -0.25) is 9.79 Å². The third-order valence-corrected chi connectivity index (χ3v) is 6.96. The molecule has 0 spiro atoms.